The van der Waals surface area contributed by atoms with Crippen LogP contribution < -0.4 is 5.32 Å². The van der Waals surface area contributed by atoms with Crippen LogP contribution in [0.1, 0.15) is 62.1 Å². The standard InChI is InChI=1S/C18H26N4O2/c1-11(2)6-17(23)22-14-4-5-15(22)8-13(7-14)21-18(24)16-10-19-12(3)9-20-16/h9-11,13-15H,4-8H2,1-3H3,(H,21,24). The van der Waals surface area contributed by atoms with Crippen molar-refractivity contribution in [1.82, 2.24) is 20.2 Å². The third-order valence-corrected chi connectivity index (χ3v) is 4.95. The van der Waals surface area contributed by atoms with E-state index in [1.165, 1.54) is 6.20 Å². The fourth-order valence-corrected chi connectivity index (χ4v) is 3.93. The van der Waals surface area contributed by atoms with E-state index in [9.17, 15) is 9.59 Å². The number of carbonyl (C=O) groups excluding carboxylic acids is 2. The predicted molar refractivity (Wildman–Crippen MR) is 90.4 cm³/mol. The minimum absolute atomic E-state index is 0.112. The lowest BCUT2D eigenvalue weighted by Gasteiger charge is -2.39. The molecular weight excluding hydrogens is 304 g/mol. The zero-order valence-electron chi connectivity index (χ0n) is 14.7. The number of piperidine rings is 1. The fourth-order valence-electron chi connectivity index (χ4n) is 3.93. The highest BCUT2D eigenvalue weighted by Gasteiger charge is 2.43. The first-order valence-corrected chi connectivity index (χ1v) is 8.84. The largest absolute Gasteiger partial charge is 0.348 e. The Kier molecular flexibility index (Phi) is 4.83. The van der Waals surface area contributed by atoms with E-state index in [2.05, 4.69) is 34.0 Å². The Bertz CT molecular complexity index is 600. The van der Waals surface area contributed by atoms with Crippen LogP contribution >= 0.6 is 0 Å². The van der Waals surface area contributed by atoms with E-state index in [1.807, 2.05) is 6.92 Å². The monoisotopic (exact) mass is 330 g/mol. The first kappa shape index (κ1) is 16.9. The van der Waals surface area contributed by atoms with Gasteiger partial charge in [0.25, 0.3) is 5.91 Å². The topological polar surface area (TPSA) is 75.2 Å². The summed E-state index contributed by atoms with van der Waals surface area (Å²) in [6.07, 6.45) is 7.50. The van der Waals surface area contributed by atoms with Crippen LogP contribution in [0.3, 0.4) is 0 Å². The molecule has 2 atom stereocenters. The van der Waals surface area contributed by atoms with Gasteiger partial charge in [0.2, 0.25) is 5.91 Å². The molecule has 1 aromatic rings. The third kappa shape index (κ3) is 3.57. The number of aryl methyl sites for hydroxylation is 1. The summed E-state index contributed by atoms with van der Waals surface area (Å²) in [5.74, 6) is 0.481. The van der Waals surface area contributed by atoms with Gasteiger partial charge in [0.1, 0.15) is 5.69 Å². The Morgan fingerprint density at radius 1 is 1.21 bits per heavy atom. The van der Waals surface area contributed by atoms with Crippen LogP contribution in [0, 0.1) is 12.8 Å². The highest BCUT2D eigenvalue weighted by Crippen LogP contribution is 2.36. The molecule has 24 heavy (non-hydrogen) atoms. The molecule has 3 heterocycles. The molecular formula is C18H26N4O2. The van der Waals surface area contributed by atoms with Crippen molar-refractivity contribution in [2.75, 3.05) is 0 Å². The van der Waals surface area contributed by atoms with Crippen molar-refractivity contribution in [2.45, 2.75) is 71.0 Å². The van der Waals surface area contributed by atoms with E-state index >= 15 is 0 Å². The summed E-state index contributed by atoms with van der Waals surface area (Å²) in [7, 11) is 0. The maximum atomic E-state index is 12.5. The van der Waals surface area contributed by atoms with E-state index in [-0.39, 0.29) is 29.9 Å². The van der Waals surface area contributed by atoms with Crippen LogP contribution in [-0.4, -0.2) is 44.8 Å². The van der Waals surface area contributed by atoms with Gasteiger partial charge in [-0.25, -0.2) is 4.98 Å². The van der Waals surface area contributed by atoms with Crippen LogP contribution in [-0.2, 0) is 4.79 Å². The van der Waals surface area contributed by atoms with Gasteiger partial charge in [0.05, 0.1) is 11.9 Å². The van der Waals surface area contributed by atoms with Crippen molar-refractivity contribution in [3.63, 3.8) is 0 Å². The molecule has 2 amide bonds. The second-order valence-corrected chi connectivity index (χ2v) is 7.47. The summed E-state index contributed by atoms with van der Waals surface area (Å²) < 4.78 is 0. The van der Waals surface area contributed by atoms with E-state index < -0.39 is 0 Å². The minimum Gasteiger partial charge on any atom is -0.348 e. The van der Waals surface area contributed by atoms with E-state index in [1.54, 1.807) is 6.20 Å². The molecule has 2 fully saturated rings. The molecule has 0 radical (unpaired) electrons. The summed E-state index contributed by atoms with van der Waals surface area (Å²) in [6.45, 7) is 6.00. The van der Waals surface area contributed by atoms with Crippen molar-refractivity contribution in [3.05, 3.63) is 23.8 Å². The molecule has 6 heteroatoms. The lowest BCUT2D eigenvalue weighted by molar-refractivity contribution is -0.136. The zero-order valence-corrected chi connectivity index (χ0v) is 14.7. The molecule has 2 bridgehead atoms. The predicted octanol–water partition coefficient (Wildman–Crippen LogP) is 2.08. The third-order valence-electron chi connectivity index (χ3n) is 4.95. The maximum absolute atomic E-state index is 12.5. The second kappa shape index (κ2) is 6.87. The van der Waals surface area contributed by atoms with Crippen molar-refractivity contribution >= 4 is 11.8 Å². The number of nitrogens with one attached hydrogen (secondary N) is 1. The summed E-state index contributed by atoms with van der Waals surface area (Å²) in [5, 5.41) is 3.08. The molecule has 1 aromatic heterocycles. The summed E-state index contributed by atoms with van der Waals surface area (Å²) in [4.78, 5) is 35.1. The maximum Gasteiger partial charge on any atom is 0.271 e. The zero-order chi connectivity index (χ0) is 17.3. The SMILES string of the molecule is Cc1cnc(C(=O)NC2CC3CCC(C2)N3C(=O)CC(C)C)cn1. The second-order valence-electron chi connectivity index (χ2n) is 7.47. The number of amides is 2. The van der Waals surface area contributed by atoms with Crippen LogP contribution in [0.5, 0.6) is 0 Å². The summed E-state index contributed by atoms with van der Waals surface area (Å²) >= 11 is 0. The van der Waals surface area contributed by atoms with E-state index in [0.29, 0.717) is 18.0 Å². The van der Waals surface area contributed by atoms with Crippen LogP contribution in [0.2, 0.25) is 0 Å². The van der Waals surface area contributed by atoms with Crippen LogP contribution in [0.4, 0.5) is 0 Å². The molecule has 6 nitrogen and oxygen atoms in total. The van der Waals surface area contributed by atoms with Gasteiger partial charge in [-0.3, -0.25) is 14.6 Å². The molecule has 1 N–H and O–H groups in total. The number of fused-ring (bicyclic) bond motifs is 2. The average molecular weight is 330 g/mol. The average Bonchev–Trinajstić information content (AvgIpc) is 2.79. The molecule has 2 aliphatic rings. The summed E-state index contributed by atoms with van der Waals surface area (Å²) in [5.41, 5.74) is 1.15. The normalized spacial score (nSPS) is 25.8. The minimum atomic E-state index is -0.172. The van der Waals surface area contributed by atoms with Crippen molar-refractivity contribution < 1.29 is 9.59 Å². The van der Waals surface area contributed by atoms with Gasteiger partial charge in [-0.15, -0.1) is 0 Å². The Morgan fingerprint density at radius 3 is 2.42 bits per heavy atom. The van der Waals surface area contributed by atoms with Crippen molar-refractivity contribution in [2.24, 2.45) is 5.92 Å². The first-order valence-electron chi connectivity index (χ1n) is 8.84. The van der Waals surface area contributed by atoms with Gasteiger partial charge < -0.3 is 10.2 Å². The Hall–Kier alpha value is -1.98. The number of aromatic nitrogens is 2. The number of rotatable bonds is 4. The Morgan fingerprint density at radius 2 is 1.88 bits per heavy atom. The lowest BCUT2D eigenvalue weighted by atomic mass is 9.96. The van der Waals surface area contributed by atoms with Gasteiger partial charge in [-0.05, 0) is 38.5 Å². The summed E-state index contributed by atoms with van der Waals surface area (Å²) in [6, 6.07) is 0.648. The number of hydrogen-bond acceptors (Lipinski definition) is 4. The molecule has 0 aromatic carbocycles. The van der Waals surface area contributed by atoms with Gasteiger partial charge in [-0.2, -0.15) is 0 Å². The molecule has 130 valence electrons. The molecule has 2 aliphatic heterocycles. The van der Waals surface area contributed by atoms with Gasteiger partial charge >= 0.3 is 0 Å². The first-order chi connectivity index (χ1) is 11.4. The van der Waals surface area contributed by atoms with Crippen LogP contribution in [0.15, 0.2) is 12.4 Å². The van der Waals surface area contributed by atoms with Crippen molar-refractivity contribution in [3.8, 4) is 0 Å². The van der Waals surface area contributed by atoms with E-state index in [0.717, 1.165) is 31.4 Å². The number of hydrogen-bond donors (Lipinski definition) is 1. The Balaban J connectivity index is 1.60. The molecule has 2 unspecified atom stereocenters. The van der Waals surface area contributed by atoms with Gasteiger partial charge in [0, 0.05) is 30.7 Å². The molecule has 2 saturated heterocycles. The smallest absolute Gasteiger partial charge is 0.271 e. The number of carbonyl (C=O) groups is 2. The highest BCUT2D eigenvalue weighted by atomic mass is 16.2. The fraction of sp³-hybridized carbons (Fsp3) is 0.667. The molecule has 0 aliphatic carbocycles. The molecule has 0 spiro atoms. The van der Waals surface area contributed by atoms with Gasteiger partial charge in [-0.1, -0.05) is 13.8 Å². The number of nitrogens with zero attached hydrogens (tertiary/aromatic N) is 3. The van der Waals surface area contributed by atoms with Crippen molar-refractivity contribution in [1.29, 1.82) is 0 Å². The molecule has 3 rings (SSSR count). The quantitative estimate of drug-likeness (QED) is 0.917. The lowest BCUT2D eigenvalue weighted by Crippen LogP contribution is -2.52. The van der Waals surface area contributed by atoms with Crippen LogP contribution in [0.25, 0.3) is 0 Å². The van der Waals surface area contributed by atoms with Gasteiger partial charge in [0.15, 0.2) is 0 Å². The molecule has 0 saturated carbocycles. The highest BCUT2D eigenvalue weighted by molar-refractivity contribution is 5.92. The Labute approximate surface area is 143 Å². The van der Waals surface area contributed by atoms with E-state index in [4.69, 9.17) is 0 Å².